The second-order valence-electron chi connectivity index (χ2n) is 4.77. The first-order valence-corrected chi connectivity index (χ1v) is 7.35. The van der Waals surface area contributed by atoms with Crippen molar-refractivity contribution in [2.24, 2.45) is 0 Å². The predicted molar refractivity (Wildman–Crippen MR) is 72.0 cm³/mol. The zero-order valence-electron chi connectivity index (χ0n) is 10.7. The maximum Gasteiger partial charge on any atom is 0.282 e. The van der Waals surface area contributed by atoms with Crippen LogP contribution in [0.2, 0.25) is 0 Å². The molecule has 6 heteroatoms. The van der Waals surface area contributed by atoms with Crippen molar-refractivity contribution in [3.05, 3.63) is 29.8 Å². The molecule has 0 aromatic heterocycles. The van der Waals surface area contributed by atoms with Crippen LogP contribution in [0.1, 0.15) is 18.4 Å². The molecule has 2 N–H and O–H groups in total. The molecule has 0 bridgehead atoms. The molecule has 1 aliphatic carbocycles. The lowest BCUT2D eigenvalue weighted by molar-refractivity contribution is 0.363. The van der Waals surface area contributed by atoms with Crippen molar-refractivity contribution in [1.82, 2.24) is 8.61 Å². The van der Waals surface area contributed by atoms with Crippen LogP contribution in [0, 0.1) is 0 Å². The summed E-state index contributed by atoms with van der Waals surface area (Å²) in [6.07, 6.45) is 1.86. The van der Waals surface area contributed by atoms with Gasteiger partial charge in [-0.2, -0.15) is 17.0 Å². The lowest BCUT2D eigenvalue weighted by atomic mass is 10.2. The molecule has 18 heavy (non-hydrogen) atoms. The SMILES string of the molecule is CN(C)S(=O)(=O)N(Cc1ccccc1N)C1CC1. The third kappa shape index (κ3) is 2.66. The quantitative estimate of drug-likeness (QED) is 0.812. The first-order valence-electron chi connectivity index (χ1n) is 5.95. The van der Waals surface area contributed by atoms with Gasteiger partial charge in [-0.25, -0.2) is 0 Å². The van der Waals surface area contributed by atoms with E-state index in [0.29, 0.717) is 12.2 Å². The molecule has 1 saturated carbocycles. The van der Waals surface area contributed by atoms with Gasteiger partial charge in [-0.1, -0.05) is 18.2 Å². The summed E-state index contributed by atoms with van der Waals surface area (Å²) in [4.78, 5) is 0. The highest BCUT2D eigenvalue weighted by Crippen LogP contribution is 2.32. The van der Waals surface area contributed by atoms with E-state index in [1.807, 2.05) is 18.2 Å². The third-order valence-electron chi connectivity index (χ3n) is 3.09. The minimum atomic E-state index is -3.38. The molecule has 0 unspecified atom stereocenters. The topological polar surface area (TPSA) is 66.6 Å². The molecular formula is C12H19N3O2S. The molecule has 1 aromatic carbocycles. The lowest BCUT2D eigenvalue weighted by Gasteiger charge is -2.25. The van der Waals surface area contributed by atoms with Crippen LogP contribution < -0.4 is 5.73 Å². The second-order valence-corrected chi connectivity index (χ2v) is 6.86. The summed E-state index contributed by atoms with van der Waals surface area (Å²) >= 11 is 0. The van der Waals surface area contributed by atoms with Crippen LogP contribution in [0.25, 0.3) is 0 Å². The van der Waals surface area contributed by atoms with Crippen LogP contribution in [-0.4, -0.2) is 37.2 Å². The molecule has 2 rings (SSSR count). The van der Waals surface area contributed by atoms with E-state index in [0.717, 1.165) is 18.4 Å². The first-order chi connectivity index (χ1) is 8.43. The highest BCUT2D eigenvalue weighted by Gasteiger charge is 2.38. The highest BCUT2D eigenvalue weighted by molar-refractivity contribution is 7.86. The fourth-order valence-electron chi connectivity index (χ4n) is 1.82. The average molecular weight is 269 g/mol. The number of hydrogen-bond acceptors (Lipinski definition) is 3. The lowest BCUT2D eigenvalue weighted by Crippen LogP contribution is -2.41. The summed E-state index contributed by atoms with van der Waals surface area (Å²) in [7, 11) is -0.270. The molecule has 0 amide bonds. The van der Waals surface area contributed by atoms with Crippen molar-refractivity contribution in [2.45, 2.75) is 25.4 Å². The molecule has 100 valence electrons. The Morgan fingerprint density at radius 1 is 1.28 bits per heavy atom. The van der Waals surface area contributed by atoms with E-state index < -0.39 is 10.2 Å². The normalized spacial score (nSPS) is 16.4. The van der Waals surface area contributed by atoms with E-state index in [2.05, 4.69) is 0 Å². The minimum Gasteiger partial charge on any atom is -0.398 e. The minimum absolute atomic E-state index is 0.122. The number of para-hydroxylation sites is 1. The molecule has 0 radical (unpaired) electrons. The summed E-state index contributed by atoms with van der Waals surface area (Å²) in [5, 5.41) is 0. The molecule has 1 fully saturated rings. The standard InChI is InChI=1S/C12H19N3O2S/c1-14(2)18(16,17)15(11-7-8-11)9-10-5-3-4-6-12(10)13/h3-6,11H,7-9,13H2,1-2H3. The van der Waals surface area contributed by atoms with Gasteiger partial charge in [-0.15, -0.1) is 0 Å². The number of anilines is 1. The fourth-order valence-corrected chi connectivity index (χ4v) is 3.13. The third-order valence-corrected chi connectivity index (χ3v) is 5.04. The van der Waals surface area contributed by atoms with Gasteiger partial charge in [0.25, 0.3) is 10.2 Å². The van der Waals surface area contributed by atoms with Gasteiger partial charge >= 0.3 is 0 Å². The van der Waals surface area contributed by atoms with Crippen LogP contribution in [0.15, 0.2) is 24.3 Å². The molecule has 0 atom stereocenters. The van der Waals surface area contributed by atoms with E-state index in [1.165, 1.54) is 4.31 Å². The summed E-state index contributed by atoms with van der Waals surface area (Å²) in [6.45, 7) is 0.345. The molecular weight excluding hydrogens is 250 g/mol. The second kappa shape index (κ2) is 4.87. The van der Waals surface area contributed by atoms with Gasteiger partial charge in [0, 0.05) is 32.4 Å². The van der Waals surface area contributed by atoms with Crippen LogP contribution in [0.3, 0.4) is 0 Å². The van der Waals surface area contributed by atoms with Crippen LogP contribution in [-0.2, 0) is 16.8 Å². The van der Waals surface area contributed by atoms with Crippen LogP contribution in [0.5, 0.6) is 0 Å². The van der Waals surface area contributed by atoms with E-state index in [-0.39, 0.29) is 6.04 Å². The molecule has 0 heterocycles. The van der Waals surface area contributed by atoms with Crippen molar-refractivity contribution >= 4 is 15.9 Å². The van der Waals surface area contributed by atoms with Gasteiger partial charge in [0.15, 0.2) is 0 Å². The highest BCUT2D eigenvalue weighted by atomic mass is 32.2. The van der Waals surface area contributed by atoms with Crippen molar-refractivity contribution in [1.29, 1.82) is 0 Å². The predicted octanol–water partition coefficient (Wildman–Crippen LogP) is 1.04. The summed E-state index contributed by atoms with van der Waals surface area (Å²) in [5.74, 6) is 0. The number of nitrogen functional groups attached to an aromatic ring is 1. The largest absolute Gasteiger partial charge is 0.398 e. The zero-order valence-corrected chi connectivity index (χ0v) is 11.5. The monoisotopic (exact) mass is 269 g/mol. The molecule has 5 nitrogen and oxygen atoms in total. The number of nitrogens with two attached hydrogens (primary N) is 1. The fraction of sp³-hybridized carbons (Fsp3) is 0.500. The van der Waals surface area contributed by atoms with Gasteiger partial charge in [0.2, 0.25) is 0 Å². The Morgan fingerprint density at radius 3 is 2.39 bits per heavy atom. The van der Waals surface area contributed by atoms with Crippen LogP contribution in [0.4, 0.5) is 5.69 Å². The molecule has 1 aromatic rings. The maximum atomic E-state index is 12.2. The molecule has 1 aliphatic rings. The van der Waals surface area contributed by atoms with E-state index in [9.17, 15) is 8.42 Å². The van der Waals surface area contributed by atoms with E-state index >= 15 is 0 Å². The van der Waals surface area contributed by atoms with Crippen LogP contribution >= 0.6 is 0 Å². The molecule has 0 saturated heterocycles. The zero-order chi connectivity index (χ0) is 13.3. The smallest absolute Gasteiger partial charge is 0.282 e. The summed E-state index contributed by atoms with van der Waals surface area (Å²) < 4.78 is 27.3. The Bertz CT molecular complexity index is 524. The Labute approximate surface area is 108 Å². The maximum absolute atomic E-state index is 12.2. The van der Waals surface area contributed by atoms with Gasteiger partial charge < -0.3 is 5.73 Å². The van der Waals surface area contributed by atoms with Crippen molar-refractivity contribution in [2.75, 3.05) is 19.8 Å². The van der Waals surface area contributed by atoms with Crippen molar-refractivity contribution in [3.8, 4) is 0 Å². The van der Waals surface area contributed by atoms with Crippen molar-refractivity contribution in [3.63, 3.8) is 0 Å². The Kier molecular flexibility index (Phi) is 3.61. The Hall–Kier alpha value is -1.11. The first kappa shape index (κ1) is 13.3. The number of nitrogens with zero attached hydrogens (tertiary/aromatic N) is 2. The number of benzene rings is 1. The number of hydrogen-bond donors (Lipinski definition) is 1. The average Bonchev–Trinajstić information content (AvgIpc) is 3.11. The van der Waals surface area contributed by atoms with Gasteiger partial charge in [0.1, 0.15) is 0 Å². The number of rotatable bonds is 5. The Balaban J connectivity index is 2.26. The van der Waals surface area contributed by atoms with Gasteiger partial charge in [0.05, 0.1) is 0 Å². The summed E-state index contributed by atoms with van der Waals surface area (Å²) in [6, 6.07) is 7.51. The Morgan fingerprint density at radius 2 is 1.89 bits per heavy atom. The van der Waals surface area contributed by atoms with Gasteiger partial charge in [-0.05, 0) is 24.5 Å². The van der Waals surface area contributed by atoms with E-state index in [1.54, 1.807) is 24.5 Å². The van der Waals surface area contributed by atoms with Gasteiger partial charge in [-0.3, -0.25) is 0 Å². The summed E-state index contributed by atoms with van der Waals surface area (Å²) in [5.41, 5.74) is 7.37. The molecule has 0 aliphatic heterocycles. The van der Waals surface area contributed by atoms with Crippen molar-refractivity contribution < 1.29 is 8.42 Å². The molecule has 0 spiro atoms. The van der Waals surface area contributed by atoms with E-state index in [4.69, 9.17) is 5.73 Å².